The van der Waals surface area contributed by atoms with Crippen LogP contribution < -0.4 is 0 Å². The third kappa shape index (κ3) is 14.9. The first-order valence-corrected chi connectivity index (χ1v) is 48.5. The van der Waals surface area contributed by atoms with Gasteiger partial charge in [0.2, 0.25) is 0 Å². The smallest absolute Gasteiger partial charge is 0.164 e. The number of fused-ring (bicyclic) bond motifs is 18. The van der Waals surface area contributed by atoms with Gasteiger partial charge in [0.25, 0.3) is 0 Å². The summed E-state index contributed by atoms with van der Waals surface area (Å²) in [5.41, 5.74) is 26.3. The summed E-state index contributed by atoms with van der Waals surface area (Å²) in [4.78, 5) is 35.3. The molecule has 13 heteroatoms. The van der Waals surface area contributed by atoms with E-state index in [1.54, 1.807) is 11.3 Å². The van der Waals surface area contributed by atoms with Gasteiger partial charge in [-0.25, -0.2) is 34.9 Å². The fourth-order valence-electron chi connectivity index (χ4n) is 19.5. The third-order valence-corrected chi connectivity index (χ3v) is 29.4. The van der Waals surface area contributed by atoms with E-state index in [4.69, 9.17) is 43.7 Å². The van der Waals surface area contributed by atoms with E-state index in [2.05, 4.69) is 338 Å². The number of hydrogen-bond donors (Lipinski definition) is 0. The average molecular weight is 1820 g/mol. The molecule has 28 aromatic rings. The fourth-order valence-corrected chi connectivity index (χ4v) is 23.0. The molecule has 0 N–H and O–H groups in total. The Morgan fingerprint density at radius 2 is 0.464 bits per heavy atom. The molecule has 0 bridgehead atoms. The Labute approximate surface area is 804 Å². The predicted octanol–water partition coefficient (Wildman–Crippen LogP) is 34.8. The highest BCUT2D eigenvalue weighted by molar-refractivity contribution is 7.26. The van der Waals surface area contributed by atoms with Crippen LogP contribution >= 0.6 is 34.0 Å². The Bertz CT molecular complexity index is 9480. The summed E-state index contributed by atoms with van der Waals surface area (Å²) in [6, 6.07) is 162. The lowest BCUT2D eigenvalue weighted by Crippen LogP contribution is -2.00. The summed E-state index contributed by atoms with van der Waals surface area (Å²) in [5, 5.41) is 14.5. The van der Waals surface area contributed by atoms with Crippen LogP contribution in [0.25, 0.3) is 267 Å². The second-order valence-corrected chi connectivity index (χ2v) is 37.7. The van der Waals surface area contributed by atoms with Crippen LogP contribution in [0.3, 0.4) is 0 Å². The molecule has 0 unspecified atom stereocenters. The first-order chi connectivity index (χ1) is 68.3. The highest BCUT2D eigenvalue weighted by atomic mass is 32.1. The van der Waals surface area contributed by atoms with Crippen molar-refractivity contribution in [3.8, 4) is 141 Å². The number of benzene rings is 19. The molecule has 646 valence electrons. The van der Waals surface area contributed by atoms with Gasteiger partial charge in [0.05, 0.1) is 22.4 Å². The largest absolute Gasteiger partial charge is 0.456 e. The van der Waals surface area contributed by atoms with E-state index in [-0.39, 0.29) is 0 Å². The van der Waals surface area contributed by atoms with Crippen LogP contribution in [-0.2, 0) is 0 Å². The van der Waals surface area contributed by atoms with Crippen LogP contribution in [-0.4, -0.2) is 39.5 Å². The zero-order valence-corrected chi connectivity index (χ0v) is 76.4. The number of furan rings is 2. The average Bonchev–Trinajstić information content (AvgIpc) is 1.66. The highest BCUT2D eigenvalue weighted by Crippen LogP contribution is 2.50. The third-order valence-electron chi connectivity index (χ3n) is 26.0. The molecule has 0 radical (unpaired) electrons. The molecule has 138 heavy (non-hydrogen) atoms. The maximum absolute atomic E-state index is 6.16. The minimum atomic E-state index is 0.645. The second kappa shape index (κ2) is 34.5. The van der Waals surface area contributed by atoms with Crippen LogP contribution in [0.4, 0.5) is 0 Å². The molecule has 0 atom stereocenters. The summed E-state index contributed by atoms with van der Waals surface area (Å²) in [6.07, 6.45) is 0. The number of nitrogens with zero attached hydrogens (tertiary/aromatic N) is 8. The van der Waals surface area contributed by atoms with Gasteiger partial charge < -0.3 is 13.4 Å². The Balaban J connectivity index is 0.000000109. The van der Waals surface area contributed by atoms with Crippen molar-refractivity contribution < 1.29 is 8.83 Å². The molecule has 9 aromatic heterocycles. The number of pyridine rings is 1. The lowest BCUT2D eigenvalue weighted by molar-refractivity contribution is 0.668. The van der Waals surface area contributed by atoms with Crippen LogP contribution in [0, 0.1) is 0 Å². The van der Waals surface area contributed by atoms with E-state index < -0.39 is 0 Å². The Morgan fingerprint density at radius 3 is 0.877 bits per heavy atom. The van der Waals surface area contributed by atoms with Crippen LogP contribution in [0.15, 0.2) is 470 Å². The number of para-hydroxylation sites is 3. The molecular formula is C125H76N8O2S3. The first-order valence-electron chi connectivity index (χ1n) is 46.0. The van der Waals surface area contributed by atoms with E-state index in [1.807, 2.05) is 150 Å². The summed E-state index contributed by atoms with van der Waals surface area (Å²) in [6.45, 7) is 0. The van der Waals surface area contributed by atoms with E-state index in [1.165, 1.54) is 99.1 Å². The monoisotopic (exact) mass is 1820 g/mol. The number of hydrogen-bond acceptors (Lipinski definition) is 12. The Hall–Kier alpha value is -17.6. The molecule has 0 aliphatic carbocycles. The van der Waals surface area contributed by atoms with Crippen molar-refractivity contribution in [3.63, 3.8) is 0 Å². The van der Waals surface area contributed by atoms with Gasteiger partial charge in [0.15, 0.2) is 34.9 Å². The molecule has 9 heterocycles. The van der Waals surface area contributed by atoms with E-state index in [0.717, 1.165) is 133 Å². The van der Waals surface area contributed by atoms with Gasteiger partial charge >= 0.3 is 0 Å². The first kappa shape index (κ1) is 81.2. The maximum atomic E-state index is 6.16. The second-order valence-electron chi connectivity index (χ2n) is 34.5. The van der Waals surface area contributed by atoms with Crippen LogP contribution in [0.5, 0.6) is 0 Å². The van der Waals surface area contributed by atoms with Crippen molar-refractivity contribution in [1.29, 1.82) is 0 Å². The normalized spacial score (nSPS) is 11.6. The van der Waals surface area contributed by atoms with Crippen molar-refractivity contribution in [2.45, 2.75) is 0 Å². The molecule has 0 fully saturated rings. The molecule has 0 saturated heterocycles. The lowest BCUT2D eigenvalue weighted by Gasteiger charge is -2.12. The van der Waals surface area contributed by atoms with Crippen molar-refractivity contribution in [1.82, 2.24) is 39.5 Å². The standard InChI is InChI=1S/C51H32N4S.C39H23N3OS.C35H21NOS/c1-5-15-33(16-6-1)36-25-27-40-41-28-26-37(31-45(41)55(44(40)30-36)39-21-11-4-12-22-39)43-29-38(32-47-48(43)42-23-13-14-24-46(42)56-47)51-53-49(34-17-7-2-8-18-34)52-50(54-51)35-19-9-3-10-20-35;1-3-11-24(12-4-1)37-40-38(25-13-5-2-6-14-25)42-39(41-37)27-22-30(36-29-16-8-10-18-34(29)44-35(36)23-27)26-19-20-33-31(21-26)28-15-7-9-17-32(28)43-33;1-2-9-22(10-3-1)29-13-8-14-30(36-29)24-20-27(35-26-12-5-7-16-33(26)38-34(35)21-24)23-17-18-32-28(19-23)25-11-4-6-15-31(25)37-32/h1-32H;1-23H;1-21H. The summed E-state index contributed by atoms with van der Waals surface area (Å²) < 4.78 is 22.2. The fraction of sp³-hybridized carbons (Fsp3) is 0. The zero-order chi connectivity index (χ0) is 91.1. The van der Waals surface area contributed by atoms with Crippen molar-refractivity contribution >= 4 is 160 Å². The van der Waals surface area contributed by atoms with Gasteiger partial charge in [-0.2, -0.15) is 0 Å². The molecule has 28 rings (SSSR count). The van der Waals surface area contributed by atoms with E-state index in [9.17, 15) is 0 Å². The van der Waals surface area contributed by atoms with Gasteiger partial charge in [0, 0.05) is 143 Å². The van der Waals surface area contributed by atoms with Gasteiger partial charge in [0.1, 0.15) is 22.3 Å². The highest BCUT2D eigenvalue weighted by Gasteiger charge is 2.25. The van der Waals surface area contributed by atoms with Crippen molar-refractivity contribution in [2.24, 2.45) is 0 Å². The molecule has 0 aliphatic heterocycles. The molecule has 0 spiro atoms. The molecule has 10 nitrogen and oxygen atoms in total. The summed E-state index contributed by atoms with van der Waals surface area (Å²) in [7, 11) is 0. The van der Waals surface area contributed by atoms with Gasteiger partial charge in [-0.3, -0.25) is 0 Å². The Kier molecular flexibility index (Phi) is 20.3. The number of thiophene rings is 3. The minimum absolute atomic E-state index is 0.645. The molecule has 19 aromatic carbocycles. The van der Waals surface area contributed by atoms with Crippen LogP contribution in [0.1, 0.15) is 0 Å². The Morgan fingerprint density at radius 1 is 0.167 bits per heavy atom. The van der Waals surface area contributed by atoms with Crippen molar-refractivity contribution in [2.75, 3.05) is 0 Å². The van der Waals surface area contributed by atoms with E-state index in [0.29, 0.717) is 34.9 Å². The zero-order valence-electron chi connectivity index (χ0n) is 74.0. The maximum Gasteiger partial charge on any atom is 0.164 e. The predicted molar refractivity (Wildman–Crippen MR) is 577 cm³/mol. The lowest BCUT2D eigenvalue weighted by atomic mass is 9.95. The van der Waals surface area contributed by atoms with Gasteiger partial charge in [-0.1, -0.05) is 334 Å². The molecule has 0 saturated carbocycles. The number of aromatic nitrogens is 8. The molecule has 0 amide bonds. The molecular weight excluding hydrogens is 1740 g/mol. The topological polar surface area (TPSA) is 121 Å². The SMILES string of the molecule is c1ccc(-c2ccc3c4ccc(-c5cc(-c6nc(-c7ccccc7)nc(-c7ccccc7)n6)cc6sc7ccccc7c56)cc4n(-c4ccccc4)c3c2)cc1.c1ccc(-c2cccc(-c3cc(-c4ccc5oc6ccccc6c5c4)c4c(c3)sc3ccccc34)n2)cc1.c1ccc(-c2nc(-c3ccccc3)nc(-c3cc(-c4ccc5oc6ccccc6c5c4)c4c(c3)sc3ccccc34)n2)cc1. The van der Waals surface area contributed by atoms with Gasteiger partial charge in [-0.15, -0.1) is 34.0 Å². The van der Waals surface area contributed by atoms with Crippen molar-refractivity contribution in [3.05, 3.63) is 461 Å². The quantitative estimate of drug-likeness (QED) is 0.111. The number of rotatable bonds is 13. The van der Waals surface area contributed by atoms with Gasteiger partial charge in [-0.05, 0) is 172 Å². The minimum Gasteiger partial charge on any atom is -0.456 e. The van der Waals surface area contributed by atoms with Crippen LogP contribution in [0.2, 0.25) is 0 Å². The summed E-state index contributed by atoms with van der Waals surface area (Å²) >= 11 is 5.45. The van der Waals surface area contributed by atoms with E-state index >= 15 is 0 Å². The summed E-state index contributed by atoms with van der Waals surface area (Å²) in [5.74, 6) is 3.89. The molecule has 0 aliphatic rings.